The van der Waals surface area contributed by atoms with E-state index in [1.165, 1.54) is 77.0 Å². The van der Waals surface area contributed by atoms with E-state index in [4.69, 9.17) is 5.32 Å². The quantitative estimate of drug-likeness (QED) is 0.293. The molecule has 2 unspecified atom stereocenters. The van der Waals surface area contributed by atoms with Gasteiger partial charge in [0.25, 0.3) is 0 Å². The average molecular weight is 356 g/mol. The van der Waals surface area contributed by atoms with Gasteiger partial charge >= 0.3 is 23.1 Å². The van der Waals surface area contributed by atoms with Crippen molar-refractivity contribution in [3.05, 3.63) is 5.32 Å². The maximum absolute atomic E-state index is 4.97. The van der Waals surface area contributed by atoms with E-state index in [2.05, 4.69) is 27.7 Å². The Morgan fingerprint density at radius 2 is 0.957 bits per heavy atom. The van der Waals surface area contributed by atoms with E-state index in [9.17, 15) is 0 Å². The minimum Gasteiger partial charge on any atom is -1.00 e. The molecular weight excluding hydrogens is 314 g/mol. The van der Waals surface area contributed by atoms with Gasteiger partial charge in [0, 0.05) is 0 Å². The average Bonchev–Trinajstić information content (AvgIpc) is 2.47. The van der Waals surface area contributed by atoms with Crippen LogP contribution in [0.5, 0.6) is 0 Å². The van der Waals surface area contributed by atoms with E-state index in [1.807, 2.05) is 0 Å². The topological polar surface area (TPSA) is 14.1 Å². The molecule has 0 aromatic rings. The van der Waals surface area contributed by atoms with Crippen LogP contribution in [0.15, 0.2) is 0 Å². The number of nitrogens with zero attached hydrogens (tertiary/aromatic N) is 1. The van der Waals surface area contributed by atoms with Crippen molar-refractivity contribution in [3.63, 3.8) is 0 Å². The Labute approximate surface area is 170 Å². The summed E-state index contributed by atoms with van der Waals surface area (Å²) >= 11 is 0. The molecule has 0 heterocycles. The van der Waals surface area contributed by atoms with Crippen LogP contribution in [0.25, 0.3) is 5.32 Å². The molecule has 136 valence electrons. The third-order valence-corrected chi connectivity index (χ3v) is 4.60. The smallest absolute Gasteiger partial charge is 1.00 e. The van der Waals surface area contributed by atoms with Gasteiger partial charge < -0.3 is 17.7 Å². The fourth-order valence-electron chi connectivity index (χ4n) is 3.28. The second-order valence-electron chi connectivity index (χ2n) is 6.89. The van der Waals surface area contributed by atoms with E-state index in [1.54, 1.807) is 0 Å². The summed E-state index contributed by atoms with van der Waals surface area (Å²) in [4.78, 5) is 0. The molecule has 1 nitrogen and oxygen atoms in total. The zero-order valence-corrected chi connectivity index (χ0v) is 18.8. The largest absolute Gasteiger partial charge is 2.00 e. The van der Waals surface area contributed by atoms with Crippen LogP contribution in [0.3, 0.4) is 0 Å². The van der Waals surface area contributed by atoms with Crippen molar-refractivity contribution in [3.8, 4) is 0 Å². The van der Waals surface area contributed by atoms with Crippen molar-refractivity contribution in [2.24, 2.45) is 11.8 Å². The van der Waals surface area contributed by atoms with Gasteiger partial charge in [0.05, 0.1) is 0 Å². The third-order valence-electron chi connectivity index (χ3n) is 4.60. The van der Waals surface area contributed by atoms with Gasteiger partial charge in [0.15, 0.2) is 0 Å². The van der Waals surface area contributed by atoms with Gasteiger partial charge in [-0.25, -0.2) is 0 Å². The van der Waals surface area contributed by atoms with Crippen LogP contribution in [0.1, 0.15) is 105 Å². The first-order chi connectivity index (χ1) is 10.3. The van der Waals surface area contributed by atoms with Crippen molar-refractivity contribution < 1.29 is 12.4 Å². The number of rotatable bonds is 16. The molecule has 23 heavy (non-hydrogen) atoms. The molecule has 0 aromatic carbocycles. The second-order valence-corrected chi connectivity index (χ2v) is 6.89. The molecule has 0 spiro atoms. The van der Waals surface area contributed by atoms with Gasteiger partial charge in [-0.05, 0) is 0 Å². The van der Waals surface area contributed by atoms with E-state index in [0.717, 1.165) is 24.9 Å². The van der Waals surface area contributed by atoms with E-state index in [-0.39, 0.29) is 35.5 Å². The number of hydrogen-bond donors (Lipinski definition) is 0. The first-order valence-corrected chi connectivity index (χ1v) is 9.91. The summed E-state index contributed by atoms with van der Waals surface area (Å²) in [6.07, 6.45) is 16.5. The molecule has 0 radical (unpaired) electrons. The summed E-state index contributed by atoms with van der Waals surface area (Å²) in [6.45, 7) is 11.5. The molecule has 0 saturated carbocycles. The molecular formula is C20H42ClMgN. The molecule has 0 aliphatic carbocycles. The molecule has 0 N–H and O–H groups in total. The fourth-order valence-corrected chi connectivity index (χ4v) is 3.28. The Hall–Kier alpha value is 1.02. The second kappa shape index (κ2) is 23.0. The number of unbranched alkanes of at least 4 members (excludes halogenated alkanes) is 4. The summed E-state index contributed by atoms with van der Waals surface area (Å²) in [5.74, 6) is 1.72. The normalized spacial score (nSPS) is 13.0. The van der Waals surface area contributed by atoms with Crippen molar-refractivity contribution in [1.82, 2.24) is 0 Å². The molecule has 0 aliphatic heterocycles. The zero-order valence-electron chi connectivity index (χ0n) is 16.6. The third kappa shape index (κ3) is 19.2. The van der Waals surface area contributed by atoms with Gasteiger partial charge in [-0.15, -0.1) is 13.1 Å². The number of hydrogen-bond acceptors (Lipinski definition) is 0. The minimum absolute atomic E-state index is 0. The van der Waals surface area contributed by atoms with Gasteiger partial charge in [0.1, 0.15) is 0 Å². The van der Waals surface area contributed by atoms with Crippen LogP contribution < -0.4 is 12.4 Å². The fraction of sp³-hybridized carbons (Fsp3) is 1.00. The van der Waals surface area contributed by atoms with Gasteiger partial charge in [0.2, 0.25) is 0 Å². The Kier molecular flexibility index (Phi) is 28.8. The van der Waals surface area contributed by atoms with Crippen LogP contribution in [0.2, 0.25) is 0 Å². The molecule has 3 heteroatoms. The molecule has 2 atom stereocenters. The molecule has 0 fully saturated rings. The molecule has 0 amide bonds. The Bertz CT molecular complexity index is 182. The van der Waals surface area contributed by atoms with Crippen LogP contribution in [0.4, 0.5) is 0 Å². The Morgan fingerprint density at radius 3 is 1.26 bits per heavy atom. The predicted octanol–water partition coefficient (Wildman–Crippen LogP) is 3.98. The predicted molar refractivity (Wildman–Crippen MR) is 104 cm³/mol. The van der Waals surface area contributed by atoms with Crippen LogP contribution in [-0.4, -0.2) is 36.1 Å². The summed E-state index contributed by atoms with van der Waals surface area (Å²) in [7, 11) is 0. The van der Waals surface area contributed by atoms with Crippen LogP contribution in [0, 0.1) is 11.8 Å². The van der Waals surface area contributed by atoms with Crippen molar-refractivity contribution >= 4 is 23.1 Å². The van der Waals surface area contributed by atoms with Gasteiger partial charge in [-0.2, -0.15) is 0 Å². The SMILES string of the molecule is CCCCCC(CCC)C[N-]CC(CCC)CCCCC.[Cl-].[Mg+2]. The first-order valence-electron chi connectivity index (χ1n) is 9.91. The standard InChI is InChI=1S/C20H42N.ClH.Mg/c1-5-9-11-15-19(13-7-3)17-21-18-20(14-8-4)16-12-10-6-2;;/h19-20H,5-18H2,1-4H3;1H;/q-1;;+2/p-1. The van der Waals surface area contributed by atoms with Crippen molar-refractivity contribution in [2.45, 2.75) is 105 Å². The monoisotopic (exact) mass is 355 g/mol. The molecule has 0 saturated heterocycles. The molecule has 0 aromatic heterocycles. The Balaban J connectivity index is -0.00000200. The minimum atomic E-state index is 0. The summed E-state index contributed by atoms with van der Waals surface area (Å²) < 4.78 is 0. The van der Waals surface area contributed by atoms with Crippen molar-refractivity contribution in [1.29, 1.82) is 0 Å². The molecule has 0 bridgehead atoms. The molecule has 0 aliphatic rings. The van der Waals surface area contributed by atoms with Crippen LogP contribution >= 0.6 is 0 Å². The van der Waals surface area contributed by atoms with E-state index < -0.39 is 0 Å². The summed E-state index contributed by atoms with van der Waals surface area (Å²) in [5, 5.41) is 4.97. The maximum Gasteiger partial charge on any atom is 2.00 e. The maximum atomic E-state index is 4.97. The van der Waals surface area contributed by atoms with E-state index in [0.29, 0.717) is 0 Å². The summed E-state index contributed by atoms with van der Waals surface area (Å²) in [5.41, 5.74) is 0. The number of halogens is 1. The summed E-state index contributed by atoms with van der Waals surface area (Å²) in [6, 6.07) is 0. The van der Waals surface area contributed by atoms with Gasteiger partial charge in [-0.3, -0.25) is 0 Å². The van der Waals surface area contributed by atoms with Crippen LogP contribution in [-0.2, 0) is 0 Å². The first kappa shape index (κ1) is 28.8. The molecule has 0 rings (SSSR count). The zero-order chi connectivity index (χ0) is 15.8. The van der Waals surface area contributed by atoms with Gasteiger partial charge in [-0.1, -0.05) is 117 Å². The Morgan fingerprint density at radius 1 is 0.565 bits per heavy atom. The van der Waals surface area contributed by atoms with E-state index >= 15 is 0 Å². The van der Waals surface area contributed by atoms with Crippen molar-refractivity contribution in [2.75, 3.05) is 13.1 Å².